The Morgan fingerprint density at radius 2 is 2.12 bits per heavy atom. The van der Waals surface area contributed by atoms with Crippen LogP contribution in [0.1, 0.15) is 63.1 Å². The molecular weight excluding hydrogens is 346 g/mol. The smallest absolute Gasteiger partial charge is 0.174 e. The normalized spacial score (nSPS) is 13.4. The van der Waals surface area contributed by atoms with E-state index in [-0.39, 0.29) is 17.3 Å². The first-order valence-electron chi connectivity index (χ1n) is 8.76. The number of ketones is 2. The van der Waals surface area contributed by atoms with Crippen LogP contribution in [0, 0.1) is 25.2 Å². The molecule has 0 spiro atoms. The van der Waals surface area contributed by atoms with Gasteiger partial charge in [-0.15, -0.1) is 0 Å². The van der Waals surface area contributed by atoms with Crippen molar-refractivity contribution in [1.82, 2.24) is 9.55 Å². The van der Waals surface area contributed by atoms with Crippen molar-refractivity contribution in [1.29, 1.82) is 5.26 Å². The van der Waals surface area contributed by atoms with E-state index in [1.807, 2.05) is 19.9 Å². The van der Waals surface area contributed by atoms with E-state index in [1.54, 1.807) is 6.07 Å². The predicted octanol–water partition coefficient (Wildman–Crippen LogP) is 3.89. The van der Waals surface area contributed by atoms with Crippen molar-refractivity contribution in [2.75, 3.05) is 5.75 Å². The number of hydrogen-bond acceptors (Lipinski definition) is 5. The van der Waals surface area contributed by atoms with Crippen molar-refractivity contribution in [3.8, 4) is 6.07 Å². The van der Waals surface area contributed by atoms with Crippen LogP contribution in [0.15, 0.2) is 17.2 Å². The van der Waals surface area contributed by atoms with Crippen molar-refractivity contribution in [2.45, 2.75) is 51.6 Å². The highest BCUT2D eigenvalue weighted by Crippen LogP contribution is 2.28. The van der Waals surface area contributed by atoms with Crippen molar-refractivity contribution in [3.05, 3.63) is 45.9 Å². The largest absolute Gasteiger partial charge is 0.349 e. The van der Waals surface area contributed by atoms with Crippen LogP contribution in [0.5, 0.6) is 0 Å². The molecule has 6 heteroatoms. The van der Waals surface area contributed by atoms with E-state index in [0.717, 1.165) is 42.0 Å². The quantitative estimate of drug-likeness (QED) is 0.592. The molecule has 0 saturated carbocycles. The Bertz CT molecular complexity index is 938. The molecule has 0 unspecified atom stereocenters. The summed E-state index contributed by atoms with van der Waals surface area (Å²) in [5, 5.41) is 9.94. The molecule has 2 aromatic rings. The average Bonchev–Trinajstić information content (AvgIpc) is 2.93. The maximum atomic E-state index is 12.7. The van der Waals surface area contributed by atoms with E-state index < -0.39 is 0 Å². The second-order valence-corrected chi connectivity index (χ2v) is 7.43. The Morgan fingerprint density at radius 1 is 1.35 bits per heavy atom. The first kappa shape index (κ1) is 18.4. The first-order chi connectivity index (χ1) is 12.5. The number of carbonyl (C=O) groups excluding carboxylic acids is 2. The number of pyridine rings is 1. The summed E-state index contributed by atoms with van der Waals surface area (Å²) >= 11 is 1.28. The lowest BCUT2D eigenvalue weighted by molar-refractivity contribution is 0.0969. The van der Waals surface area contributed by atoms with Crippen LogP contribution in [0.3, 0.4) is 0 Å². The van der Waals surface area contributed by atoms with Crippen molar-refractivity contribution in [3.63, 3.8) is 0 Å². The summed E-state index contributed by atoms with van der Waals surface area (Å²) < 4.78 is 2.11. The molecule has 134 valence electrons. The van der Waals surface area contributed by atoms with Gasteiger partial charge in [0.2, 0.25) is 0 Å². The molecule has 2 heterocycles. The van der Waals surface area contributed by atoms with E-state index in [9.17, 15) is 14.9 Å². The molecule has 0 atom stereocenters. The lowest BCUT2D eigenvalue weighted by Gasteiger charge is -2.15. The molecule has 0 fully saturated rings. The van der Waals surface area contributed by atoms with Crippen LogP contribution in [-0.2, 0) is 13.0 Å². The maximum absolute atomic E-state index is 12.7. The SMILES string of the molecule is CCn1c(C)cc(C(=O)CSc2nc3c(cc2C#N)C(=O)CCC3)c1C. The number of rotatable bonds is 5. The zero-order chi connectivity index (χ0) is 18.8. The monoisotopic (exact) mass is 367 g/mol. The van der Waals surface area contributed by atoms with Crippen LogP contribution in [0.4, 0.5) is 0 Å². The minimum absolute atomic E-state index is 0.0299. The Kier molecular flexibility index (Phi) is 5.28. The lowest BCUT2D eigenvalue weighted by atomic mass is 9.94. The molecule has 0 N–H and O–H groups in total. The van der Waals surface area contributed by atoms with Gasteiger partial charge in [0, 0.05) is 35.5 Å². The highest BCUT2D eigenvalue weighted by molar-refractivity contribution is 8.00. The number of Topliss-reactive ketones (excluding diaryl/α,β-unsaturated/α-hetero) is 2. The third-order valence-corrected chi connectivity index (χ3v) is 5.83. The molecule has 5 nitrogen and oxygen atoms in total. The fraction of sp³-hybridized carbons (Fsp3) is 0.400. The summed E-state index contributed by atoms with van der Waals surface area (Å²) in [7, 11) is 0. The molecular formula is C20H21N3O2S. The number of aromatic nitrogens is 2. The summed E-state index contributed by atoms with van der Waals surface area (Å²) in [5.41, 5.74) is 4.45. The number of hydrogen-bond donors (Lipinski definition) is 0. The molecule has 0 saturated heterocycles. The number of aryl methyl sites for hydroxylation is 2. The van der Waals surface area contributed by atoms with Crippen LogP contribution in [-0.4, -0.2) is 26.9 Å². The van der Waals surface area contributed by atoms with Gasteiger partial charge in [0.15, 0.2) is 11.6 Å². The Balaban J connectivity index is 1.83. The fourth-order valence-electron chi connectivity index (χ4n) is 3.49. The zero-order valence-corrected chi connectivity index (χ0v) is 16.1. The summed E-state index contributed by atoms with van der Waals surface area (Å²) in [4.78, 5) is 29.2. The van der Waals surface area contributed by atoms with Crippen molar-refractivity contribution >= 4 is 23.3 Å². The lowest BCUT2D eigenvalue weighted by Crippen LogP contribution is -2.14. The van der Waals surface area contributed by atoms with Gasteiger partial charge in [-0.1, -0.05) is 11.8 Å². The molecule has 2 aromatic heterocycles. The summed E-state index contributed by atoms with van der Waals surface area (Å²) in [6.07, 6.45) is 2.04. The average molecular weight is 367 g/mol. The third kappa shape index (κ3) is 3.32. The van der Waals surface area contributed by atoms with Crippen LogP contribution >= 0.6 is 11.8 Å². The van der Waals surface area contributed by atoms with Gasteiger partial charge in [0.25, 0.3) is 0 Å². The summed E-state index contributed by atoms with van der Waals surface area (Å²) in [5.74, 6) is 0.305. The predicted molar refractivity (Wildman–Crippen MR) is 101 cm³/mol. The third-order valence-electron chi connectivity index (χ3n) is 4.84. The molecule has 0 aromatic carbocycles. The Labute approximate surface area is 157 Å². The minimum atomic E-state index is 0.0299. The van der Waals surface area contributed by atoms with E-state index in [0.29, 0.717) is 22.6 Å². The van der Waals surface area contributed by atoms with Gasteiger partial charge >= 0.3 is 0 Å². The van der Waals surface area contributed by atoms with E-state index in [1.165, 1.54) is 11.8 Å². The Morgan fingerprint density at radius 3 is 2.77 bits per heavy atom. The van der Waals surface area contributed by atoms with Gasteiger partial charge in [-0.05, 0) is 45.7 Å². The Hall–Kier alpha value is -2.39. The van der Waals surface area contributed by atoms with Gasteiger partial charge < -0.3 is 4.57 Å². The maximum Gasteiger partial charge on any atom is 0.174 e. The molecule has 26 heavy (non-hydrogen) atoms. The topological polar surface area (TPSA) is 75.8 Å². The van der Waals surface area contributed by atoms with Gasteiger partial charge in [-0.25, -0.2) is 4.98 Å². The van der Waals surface area contributed by atoms with Gasteiger partial charge in [0.05, 0.1) is 17.0 Å². The molecule has 0 radical (unpaired) electrons. The number of carbonyl (C=O) groups is 2. The van der Waals surface area contributed by atoms with Crippen LogP contribution in [0.25, 0.3) is 0 Å². The summed E-state index contributed by atoms with van der Waals surface area (Å²) in [6.45, 7) is 6.84. The fourth-order valence-corrected chi connectivity index (χ4v) is 4.35. The highest BCUT2D eigenvalue weighted by Gasteiger charge is 2.22. The van der Waals surface area contributed by atoms with Crippen LogP contribution < -0.4 is 0 Å². The number of thioether (sulfide) groups is 1. The molecule has 0 amide bonds. The van der Waals surface area contributed by atoms with Crippen molar-refractivity contribution in [2.24, 2.45) is 0 Å². The second kappa shape index (κ2) is 7.46. The summed E-state index contributed by atoms with van der Waals surface area (Å²) in [6, 6.07) is 5.67. The second-order valence-electron chi connectivity index (χ2n) is 6.46. The number of nitrogens with zero attached hydrogens (tertiary/aromatic N) is 3. The molecule has 0 aliphatic heterocycles. The van der Waals surface area contributed by atoms with Crippen molar-refractivity contribution < 1.29 is 9.59 Å². The van der Waals surface area contributed by atoms with Gasteiger partial charge in [-0.2, -0.15) is 5.26 Å². The molecule has 3 rings (SSSR count). The minimum Gasteiger partial charge on any atom is -0.349 e. The standard InChI is InChI=1S/C20H21N3O2S/c1-4-23-12(2)8-15(13(23)3)19(25)11-26-20-14(10-21)9-16-17(22-20)6-5-7-18(16)24/h8-9H,4-7,11H2,1-3H3. The number of fused-ring (bicyclic) bond motifs is 1. The highest BCUT2D eigenvalue weighted by atomic mass is 32.2. The van der Waals surface area contributed by atoms with E-state index >= 15 is 0 Å². The molecule has 1 aliphatic rings. The van der Waals surface area contributed by atoms with E-state index in [2.05, 4.69) is 22.5 Å². The van der Waals surface area contributed by atoms with E-state index in [4.69, 9.17) is 0 Å². The van der Waals surface area contributed by atoms with Gasteiger partial charge in [-0.3, -0.25) is 9.59 Å². The number of nitriles is 1. The molecule has 0 bridgehead atoms. The molecule has 1 aliphatic carbocycles. The zero-order valence-electron chi connectivity index (χ0n) is 15.3. The van der Waals surface area contributed by atoms with Gasteiger partial charge in [0.1, 0.15) is 11.1 Å². The van der Waals surface area contributed by atoms with Crippen LogP contribution in [0.2, 0.25) is 0 Å². The first-order valence-corrected chi connectivity index (χ1v) is 9.74.